The summed E-state index contributed by atoms with van der Waals surface area (Å²) in [5, 5.41) is 0. The summed E-state index contributed by atoms with van der Waals surface area (Å²) in [6, 6.07) is 9.20. The van der Waals surface area contributed by atoms with E-state index in [1.165, 1.54) is 19.2 Å². The second-order valence-corrected chi connectivity index (χ2v) is 6.46. The monoisotopic (exact) mass is 401 g/mol. The molecule has 0 spiro atoms. The molecule has 0 heterocycles. The first-order chi connectivity index (χ1) is 13.9. The van der Waals surface area contributed by atoms with Crippen LogP contribution in [0.1, 0.15) is 24.0 Å². The highest BCUT2D eigenvalue weighted by Gasteiger charge is 2.19. The predicted molar refractivity (Wildman–Crippen MR) is 110 cm³/mol. The number of hydrogen-bond donors (Lipinski definition) is 0. The quantitative estimate of drug-likeness (QED) is 0.527. The summed E-state index contributed by atoms with van der Waals surface area (Å²) in [6.07, 6.45) is 2.42. The van der Waals surface area contributed by atoms with Crippen molar-refractivity contribution in [1.82, 2.24) is 4.90 Å². The van der Waals surface area contributed by atoms with Crippen molar-refractivity contribution in [3.8, 4) is 11.5 Å². The number of ether oxygens (including phenoxy) is 2. The fourth-order valence-electron chi connectivity index (χ4n) is 2.90. The summed E-state index contributed by atoms with van der Waals surface area (Å²) >= 11 is 0. The molecule has 0 unspecified atom stereocenters. The molecule has 4 nitrogen and oxygen atoms in total. The Morgan fingerprint density at radius 1 is 1.17 bits per heavy atom. The van der Waals surface area contributed by atoms with Crippen LogP contribution in [-0.2, 0) is 11.3 Å². The van der Waals surface area contributed by atoms with E-state index in [2.05, 4.69) is 13.2 Å². The molecule has 0 aliphatic carbocycles. The van der Waals surface area contributed by atoms with Crippen molar-refractivity contribution in [3.05, 3.63) is 78.4 Å². The Balaban J connectivity index is 2.30. The first kappa shape index (κ1) is 22.1. The van der Waals surface area contributed by atoms with E-state index in [1.807, 2.05) is 0 Å². The van der Waals surface area contributed by atoms with Gasteiger partial charge < -0.3 is 14.4 Å². The van der Waals surface area contributed by atoms with Crippen LogP contribution in [0.2, 0.25) is 0 Å². The van der Waals surface area contributed by atoms with Gasteiger partial charge in [0.15, 0.2) is 11.6 Å². The van der Waals surface area contributed by atoms with Crippen molar-refractivity contribution in [2.24, 2.45) is 0 Å². The zero-order valence-electron chi connectivity index (χ0n) is 16.7. The zero-order valence-corrected chi connectivity index (χ0v) is 16.7. The minimum Gasteiger partial charge on any atom is -0.497 e. The lowest BCUT2D eigenvalue weighted by Crippen LogP contribution is -2.32. The number of rotatable bonds is 10. The lowest BCUT2D eigenvalue weighted by molar-refractivity contribution is -0.131. The van der Waals surface area contributed by atoms with Gasteiger partial charge in [-0.2, -0.15) is 0 Å². The smallest absolute Gasteiger partial charge is 0.223 e. The third-order valence-corrected chi connectivity index (χ3v) is 4.48. The number of halogens is 2. The average Bonchev–Trinajstić information content (AvgIpc) is 2.73. The summed E-state index contributed by atoms with van der Waals surface area (Å²) < 4.78 is 38.3. The Hall–Kier alpha value is -3.15. The maximum Gasteiger partial charge on any atom is 0.223 e. The molecule has 0 N–H and O–H groups in total. The number of allylic oxidation sites excluding steroid dienone is 1. The number of benzene rings is 2. The van der Waals surface area contributed by atoms with Gasteiger partial charge in [0.2, 0.25) is 5.91 Å². The van der Waals surface area contributed by atoms with Crippen LogP contribution in [0.25, 0.3) is 5.57 Å². The van der Waals surface area contributed by atoms with Crippen molar-refractivity contribution >= 4 is 11.5 Å². The minimum absolute atomic E-state index is 0.0472. The van der Waals surface area contributed by atoms with Crippen molar-refractivity contribution in [2.45, 2.75) is 19.4 Å². The van der Waals surface area contributed by atoms with Gasteiger partial charge in [0.25, 0.3) is 0 Å². The molecule has 2 rings (SSSR count). The summed E-state index contributed by atoms with van der Waals surface area (Å²) in [6.45, 7) is 7.78. The summed E-state index contributed by atoms with van der Waals surface area (Å²) in [5.74, 6) is -0.890. The molecule has 0 bridgehead atoms. The largest absolute Gasteiger partial charge is 0.497 e. The van der Waals surface area contributed by atoms with Gasteiger partial charge in [-0.3, -0.25) is 4.79 Å². The second kappa shape index (κ2) is 10.4. The Morgan fingerprint density at radius 3 is 2.59 bits per heavy atom. The molecule has 0 radical (unpaired) electrons. The van der Waals surface area contributed by atoms with E-state index in [9.17, 15) is 13.6 Å². The number of amides is 1. The number of hydrogen-bond acceptors (Lipinski definition) is 3. The van der Waals surface area contributed by atoms with E-state index in [0.29, 0.717) is 23.5 Å². The predicted octanol–water partition coefficient (Wildman–Crippen LogP) is 4.99. The first-order valence-corrected chi connectivity index (χ1v) is 9.13. The van der Waals surface area contributed by atoms with E-state index in [0.717, 1.165) is 11.6 Å². The molecule has 2 aromatic carbocycles. The van der Waals surface area contributed by atoms with Crippen molar-refractivity contribution in [3.63, 3.8) is 0 Å². The van der Waals surface area contributed by atoms with Crippen LogP contribution in [0.4, 0.5) is 8.78 Å². The molecule has 0 aromatic heterocycles. The van der Waals surface area contributed by atoms with Crippen molar-refractivity contribution in [2.75, 3.05) is 20.8 Å². The lowest BCUT2D eigenvalue weighted by atomic mass is 10.0. The number of nitrogens with zero attached hydrogens (tertiary/aromatic N) is 1. The van der Waals surface area contributed by atoms with Crippen molar-refractivity contribution in [1.29, 1.82) is 0 Å². The van der Waals surface area contributed by atoms with Crippen LogP contribution in [0.3, 0.4) is 0 Å². The molecule has 0 atom stereocenters. The van der Waals surface area contributed by atoms with Crippen LogP contribution < -0.4 is 9.47 Å². The SMILES string of the molecule is C=CCCC(=O)N(CC(=C)c1cccc(F)c1F)Cc1ccc(OC)cc1OC. The minimum atomic E-state index is -0.974. The lowest BCUT2D eigenvalue weighted by Gasteiger charge is -2.25. The van der Waals surface area contributed by atoms with Gasteiger partial charge in [-0.1, -0.05) is 24.8 Å². The topological polar surface area (TPSA) is 38.8 Å². The van der Waals surface area contributed by atoms with Crippen LogP contribution >= 0.6 is 0 Å². The normalized spacial score (nSPS) is 10.3. The second-order valence-electron chi connectivity index (χ2n) is 6.46. The first-order valence-electron chi connectivity index (χ1n) is 9.13. The molecule has 0 aliphatic heterocycles. The fourth-order valence-corrected chi connectivity index (χ4v) is 2.90. The van der Waals surface area contributed by atoms with Crippen LogP contribution in [0.15, 0.2) is 55.6 Å². The van der Waals surface area contributed by atoms with Crippen LogP contribution in [-0.4, -0.2) is 31.6 Å². The number of carbonyl (C=O) groups is 1. The average molecular weight is 401 g/mol. The third kappa shape index (κ3) is 5.67. The van der Waals surface area contributed by atoms with E-state index in [1.54, 1.807) is 36.3 Å². The number of carbonyl (C=O) groups excluding carboxylic acids is 1. The van der Waals surface area contributed by atoms with Crippen LogP contribution in [0, 0.1) is 11.6 Å². The molecule has 0 saturated carbocycles. The van der Waals surface area contributed by atoms with Gasteiger partial charge in [-0.25, -0.2) is 8.78 Å². The maximum absolute atomic E-state index is 14.1. The summed E-state index contributed by atoms with van der Waals surface area (Å²) in [4.78, 5) is 14.3. The van der Waals surface area contributed by atoms with E-state index < -0.39 is 11.6 Å². The molecule has 0 aliphatic rings. The highest BCUT2D eigenvalue weighted by molar-refractivity contribution is 5.79. The standard InChI is InChI=1S/C23H25F2NO3/c1-5-6-10-22(27)26(14-16(2)19-8-7-9-20(24)23(19)25)15-17-11-12-18(28-3)13-21(17)29-4/h5,7-9,11-13H,1-2,6,10,14-15H2,3-4H3. The molecule has 0 fully saturated rings. The highest BCUT2D eigenvalue weighted by Crippen LogP contribution is 2.27. The van der Waals surface area contributed by atoms with Gasteiger partial charge in [0.05, 0.1) is 14.2 Å². The van der Waals surface area contributed by atoms with E-state index in [4.69, 9.17) is 9.47 Å². The Morgan fingerprint density at radius 2 is 1.93 bits per heavy atom. The van der Waals surface area contributed by atoms with Crippen molar-refractivity contribution < 1.29 is 23.0 Å². The summed E-state index contributed by atoms with van der Waals surface area (Å²) in [7, 11) is 3.08. The van der Waals surface area contributed by atoms with Gasteiger partial charge >= 0.3 is 0 Å². The van der Waals surface area contributed by atoms with E-state index >= 15 is 0 Å². The fraction of sp³-hybridized carbons (Fsp3) is 0.261. The van der Waals surface area contributed by atoms with Gasteiger partial charge in [-0.05, 0) is 30.2 Å². The molecule has 6 heteroatoms. The molecule has 1 amide bonds. The summed E-state index contributed by atoms with van der Waals surface area (Å²) in [5.41, 5.74) is 1.11. The van der Waals surface area contributed by atoms with Gasteiger partial charge in [-0.15, -0.1) is 6.58 Å². The van der Waals surface area contributed by atoms with Crippen LogP contribution in [0.5, 0.6) is 11.5 Å². The van der Waals surface area contributed by atoms with Gasteiger partial charge in [0.1, 0.15) is 11.5 Å². The Bertz CT molecular complexity index is 896. The molecular weight excluding hydrogens is 376 g/mol. The number of methoxy groups -OCH3 is 2. The third-order valence-electron chi connectivity index (χ3n) is 4.48. The molecular formula is C23H25F2NO3. The molecule has 154 valence electrons. The maximum atomic E-state index is 14.1. The van der Waals surface area contributed by atoms with E-state index in [-0.39, 0.29) is 31.0 Å². The molecule has 2 aromatic rings. The Kier molecular flexibility index (Phi) is 7.95. The highest BCUT2D eigenvalue weighted by atomic mass is 19.2. The molecule has 0 saturated heterocycles. The Labute approximate surface area is 170 Å². The van der Waals surface area contributed by atoms with Gasteiger partial charge in [0, 0.05) is 36.7 Å². The molecule has 29 heavy (non-hydrogen) atoms. The zero-order chi connectivity index (χ0) is 21.4.